The van der Waals surface area contributed by atoms with Crippen LogP contribution in [-0.2, 0) is 33.3 Å². The summed E-state index contributed by atoms with van der Waals surface area (Å²) in [5.74, 6) is 1.27. The summed E-state index contributed by atoms with van der Waals surface area (Å²) in [7, 11) is -1.72. The van der Waals surface area contributed by atoms with E-state index in [1.165, 1.54) is 6.08 Å². The molecular formula is C30H46O8Si. The van der Waals surface area contributed by atoms with Crippen LogP contribution in [0.3, 0.4) is 0 Å². The summed E-state index contributed by atoms with van der Waals surface area (Å²) in [6.07, 6.45) is 8.70. The van der Waals surface area contributed by atoms with Crippen molar-refractivity contribution in [1.29, 1.82) is 0 Å². The average molecular weight is 563 g/mol. The van der Waals surface area contributed by atoms with Crippen LogP contribution in [0.1, 0.15) is 72.6 Å². The van der Waals surface area contributed by atoms with E-state index in [2.05, 4.69) is 44.1 Å². The number of carbonyl (C=O) groups excluding carboxylic acids is 3. The van der Waals surface area contributed by atoms with Crippen LogP contribution in [0.4, 0.5) is 0 Å². The van der Waals surface area contributed by atoms with E-state index >= 15 is 0 Å². The molecule has 0 aromatic carbocycles. The van der Waals surface area contributed by atoms with Gasteiger partial charge in [0.25, 0.3) is 0 Å². The predicted octanol–water partition coefficient (Wildman–Crippen LogP) is 4.86. The van der Waals surface area contributed by atoms with Gasteiger partial charge in [0.05, 0.1) is 30.8 Å². The first kappa shape index (κ1) is 32.8. The van der Waals surface area contributed by atoms with Gasteiger partial charge in [0.15, 0.2) is 6.10 Å². The molecule has 2 heterocycles. The van der Waals surface area contributed by atoms with Gasteiger partial charge in [0.1, 0.15) is 20.1 Å². The molecule has 6 atom stereocenters. The van der Waals surface area contributed by atoms with Gasteiger partial charge in [-0.25, -0.2) is 4.79 Å². The van der Waals surface area contributed by atoms with Crippen LogP contribution >= 0.6 is 0 Å². The zero-order valence-corrected chi connectivity index (χ0v) is 25.5. The molecule has 0 saturated carbocycles. The molecule has 2 aliphatic heterocycles. The van der Waals surface area contributed by atoms with Gasteiger partial charge in [0.2, 0.25) is 5.79 Å². The van der Waals surface area contributed by atoms with Crippen LogP contribution in [0.25, 0.3) is 0 Å². The number of hydrogen-bond acceptors (Lipinski definition) is 8. The number of cyclic esters (lactones) is 1. The Hall–Kier alpha value is -2.41. The van der Waals surface area contributed by atoms with E-state index in [-0.39, 0.29) is 42.6 Å². The molecular weight excluding hydrogens is 516 g/mol. The fourth-order valence-corrected chi connectivity index (χ4v) is 5.08. The molecule has 0 aliphatic carbocycles. The molecule has 8 nitrogen and oxygen atoms in total. The van der Waals surface area contributed by atoms with Crippen molar-refractivity contribution in [2.45, 2.75) is 122 Å². The van der Waals surface area contributed by atoms with E-state index in [1.807, 2.05) is 13.0 Å². The smallest absolute Gasteiger partial charge is 0.337 e. The zero-order chi connectivity index (χ0) is 29.2. The SMILES string of the molecule is C[C@@H](/C=C/[C@H](C)[C@H](C#C[Si](C)(C)C)OC(=O)C[C@@H](O)CC1=CC(=O)OC(C)(C)O1)C[C@H]1CCC[C@@H](CC=O)O1. The Bertz CT molecular complexity index is 968. The topological polar surface area (TPSA) is 108 Å². The fourth-order valence-electron chi connectivity index (χ4n) is 4.51. The second-order valence-corrected chi connectivity index (χ2v) is 16.9. The van der Waals surface area contributed by atoms with Crippen molar-refractivity contribution >= 4 is 26.3 Å². The van der Waals surface area contributed by atoms with E-state index in [0.717, 1.165) is 32.0 Å². The maximum atomic E-state index is 12.8. The molecule has 0 aromatic rings. The van der Waals surface area contributed by atoms with Crippen LogP contribution in [0, 0.1) is 23.3 Å². The van der Waals surface area contributed by atoms with Gasteiger partial charge in [-0.15, -0.1) is 5.54 Å². The number of carbonyl (C=O) groups is 3. The van der Waals surface area contributed by atoms with Gasteiger partial charge in [-0.05, 0) is 31.6 Å². The third kappa shape index (κ3) is 13.0. The van der Waals surface area contributed by atoms with E-state index < -0.39 is 38.0 Å². The highest BCUT2D eigenvalue weighted by Gasteiger charge is 2.31. The normalized spacial score (nSPS) is 24.2. The Labute approximate surface area is 234 Å². The standard InChI is InChI=1S/C30H46O8Si/c1-21(17-25-10-8-9-24(35-25)13-15-31)11-12-22(2)27(14-16-39(5,6)7)36-28(33)19-23(32)18-26-20-29(34)38-30(3,4)37-26/h11-12,15,20-25,27,32H,8-10,13,17-19H2,1-7H3/b12-11+/t21-,22-,23-,24-,25+,27-/m0/s1. The number of ether oxygens (including phenoxy) is 4. The lowest BCUT2D eigenvalue weighted by Crippen LogP contribution is -2.35. The van der Waals surface area contributed by atoms with Crippen LogP contribution in [-0.4, -0.2) is 61.6 Å². The summed E-state index contributed by atoms with van der Waals surface area (Å²) in [4.78, 5) is 35.3. The number of aldehydes is 1. The van der Waals surface area contributed by atoms with Gasteiger partial charge in [-0.3, -0.25) is 4.79 Å². The Morgan fingerprint density at radius 3 is 2.54 bits per heavy atom. The Balaban J connectivity index is 1.97. The summed E-state index contributed by atoms with van der Waals surface area (Å²) in [6.45, 7) is 13.7. The van der Waals surface area contributed by atoms with Crippen molar-refractivity contribution in [3.8, 4) is 11.5 Å². The Kier molecular flexibility index (Phi) is 12.5. The molecule has 9 heteroatoms. The number of allylic oxidation sites excluding steroid dienone is 1. The van der Waals surface area contributed by atoms with Gasteiger partial charge in [-0.2, -0.15) is 0 Å². The highest BCUT2D eigenvalue weighted by molar-refractivity contribution is 6.83. The minimum absolute atomic E-state index is 0.0111. The zero-order valence-electron chi connectivity index (χ0n) is 24.5. The summed E-state index contributed by atoms with van der Waals surface area (Å²) >= 11 is 0. The first-order valence-electron chi connectivity index (χ1n) is 14.0. The van der Waals surface area contributed by atoms with Crippen molar-refractivity contribution in [1.82, 2.24) is 0 Å². The van der Waals surface area contributed by atoms with Crippen molar-refractivity contribution in [3.05, 3.63) is 24.0 Å². The van der Waals surface area contributed by atoms with Gasteiger partial charge < -0.3 is 28.8 Å². The monoisotopic (exact) mass is 562 g/mol. The molecule has 0 aromatic heterocycles. The fraction of sp³-hybridized carbons (Fsp3) is 0.700. The third-order valence-electron chi connectivity index (χ3n) is 6.34. The van der Waals surface area contributed by atoms with Crippen LogP contribution in [0.15, 0.2) is 24.0 Å². The number of aliphatic hydroxyl groups excluding tert-OH is 1. The maximum absolute atomic E-state index is 12.8. The molecule has 1 saturated heterocycles. The van der Waals surface area contributed by atoms with Gasteiger partial charge in [-0.1, -0.05) is 51.6 Å². The second kappa shape index (κ2) is 14.8. The molecule has 0 radical (unpaired) electrons. The lowest BCUT2D eigenvalue weighted by molar-refractivity contribution is -0.206. The highest BCUT2D eigenvalue weighted by Crippen LogP contribution is 2.27. The molecule has 0 spiro atoms. The lowest BCUT2D eigenvalue weighted by Gasteiger charge is -2.31. The molecule has 0 amide bonds. The summed E-state index contributed by atoms with van der Waals surface area (Å²) in [5.41, 5.74) is 3.30. The molecule has 218 valence electrons. The predicted molar refractivity (Wildman–Crippen MR) is 151 cm³/mol. The summed E-state index contributed by atoms with van der Waals surface area (Å²) < 4.78 is 22.4. The van der Waals surface area contributed by atoms with Crippen LogP contribution in [0.2, 0.25) is 19.6 Å². The largest absolute Gasteiger partial charge is 0.457 e. The van der Waals surface area contributed by atoms with Crippen LogP contribution < -0.4 is 0 Å². The molecule has 1 N–H and O–H groups in total. The second-order valence-electron chi connectivity index (χ2n) is 12.2. The van der Waals surface area contributed by atoms with Crippen molar-refractivity contribution in [2.75, 3.05) is 0 Å². The van der Waals surface area contributed by atoms with E-state index in [1.54, 1.807) is 13.8 Å². The molecule has 0 bridgehead atoms. The van der Waals surface area contributed by atoms with Crippen molar-refractivity contribution in [3.63, 3.8) is 0 Å². The molecule has 2 rings (SSSR count). The number of aliphatic hydroxyl groups is 1. The van der Waals surface area contributed by atoms with Gasteiger partial charge >= 0.3 is 11.9 Å². The first-order valence-corrected chi connectivity index (χ1v) is 17.5. The first-order chi connectivity index (χ1) is 18.2. The minimum Gasteiger partial charge on any atom is -0.457 e. The Morgan fingerprint density at radius 1 is 1.21 bits per heavy atom. The van der Waals surface area contributed by atoms with Crippen LogP contribution in [0.5, 0.6) is 0 Å². The molecule has 2 aliphatic rings. The third-order valence-corrected chi connectivity index (χ3v) is 7.24. The maximum Gasteiger partial charge on any atom is 0.337 e. The molecule has 39 heavy (non-hydrogen) atoms. The quantitative estimate of drug-likeness (QED) is 0.118. The van der Waals surface area contributed by atoms with Crippen molar-refractivity contribution < 1.29 is 38.4 Å². The molecule has 0 unspecified atom stereocenters. The Morgan fingerprint density at radius 2 is 1.90 bits per heavy atom. The summed E-state index contributed by atoms with van der Waals surface area (Å²) in [5, 5.41) is 10.5. The van der Waals surface area contributed by atoms with E-state index in [0.29, 0.717) is 6.42 Å². The summed E-state index contributed by atoms with van der Waals surface area (Å²) in [6, 6.07) is 0. The van der Waals surface area contributed by atoms with E-state index in [4.69, 9.17) is 18.9 Å². The number of rotatable bonds is 12. The molecule has 1 fully saturated rings. The highest BCUT2D eigenvalue weighted by atomic mass is 28.3. The number of hydrogen-bond donors (Lipinski definition) is 1. The minimum atomic E-state index is -1.72. The lowest BCUT2D eigenvalue weighted by atomic mass is 9.94. The van der Waals surface area contributed by atoms with E-state index in [9.17, 15) is 19.5 Å². The average Bonchev–Trinajstić information content (AvgIpc) is 2.78. The van der Waals surface area contributed by atoms with Crippen molar-refractivity contribution in [2.24, 2.45) is 11.8 Å². The van der Waals surface area contributed by atoms with Gasteiger partial charge in [0, 0.05) is 32.6 Å². The number of esters is 2.